The summed E-state index contributed by atoms with van der Waals surface area (Å²) in [5.74, 6) is 1.55. The molecule has 148 valence electrons. The van der Waals surface area contributed by atoms with Gasteiger partial charge in [0.1, 0.15) is 0 Å². The second-order valence-corrected chi connectivity index (χ2v) is 7.53. The van der Waals surface area contributed by atoms with Crippen molar-refractivity contribution in [1.82, 2.24) is 4.90 Å². The van der Waals surface area contributed by atoms with Gasteiger partial charge in [0.2, 0.25) is 12.7 Å². The van der Waals surface area contributed by atoms with Gasteiger partial charge in [-0.2, -0.15) is 0 Å². The molecule has 6 heteroatoms. The van der Waals surface area contributed by atoms with Crippen LogP contribution in [0.4, 0.5) is 11.4 Å². The lowest BCUT2D eigenvalue weighted by atomic mass is 10.1. The number of aryl methyl sites for hydroxylation is 2. The molecule has 1 N–H and O–H groups in total. The summed E-state index contributed by atoms with van der Waals surface area (Å²) in [6.07, 6.45) is 1.10. The largest absolute Gasteiger partial charge is 0.454 e. The Balaban J connectivity index is 1.32. The Hall–Kier alpha value is -2.73. The molecule has 0 spiro atoms. The van der Waals surface area contributed by atoms with Crippen molar-refractivity contribution >= 4 is 17.3 Å². The molecule has 0 aliphatic carbocycles. The van der Waals surface area contributed by atoms with Crippen LogP contribution in [-0.4, -0.2) is 50.8 Å². The van der Waals surface area contributed by atoms with Crippen molar-refractivity contribution in [3.05, 3.63) is 47.5 Å². The van der Waals surface area contributed by atoms with Gasteiger partial charge in [0.05, 0.1) is 0 Å². The molecule has 2 aliphatic rings. The first-order chi connectivity index (χ1) is 13.6. The number of hydrogen-bond acceptors (Lipinski definition) is 5. The Kier molecular flexibility index (Phi) is 5.39. The number of nitrogens with zero attached hydrogens (tertiary/aromatic N) is 2. The van der Waals surface area contributed by atoms with Gasteiger partial charge in [-0.15, -0.1) is 0 Å². The van der Waals surface area contributed by atoms with Crippen molar-refractivity contribution < 1.29 is 14.3 Å². The van der Waals surface area contributed by atoms with Crippen LogP contribution in [0.15, 0.2) is 36.4 Å². The number of nitrogens with one attached hydrogen (secondary N) is 1. The van der Waals surface area contributed by atoms with Gasteiger partial charge in [0.25, 0.3) is 0 Å². The Labute approximate surface area is 166 Å². The molecule has 2 aromatic rings. The zero-order chi connectivity index (χ0) is 19.5. The van der Waals surface area contributed by atoms with E-state index in [1.165, 1.54) is 5.69 Å². The Morgan fingerprint density at radius 3 is 2.61 bits per heavy atom. The Morgan fingerprint density at radius 2 is 1.82 bits per heavy atom. The molecule has 2 aliphatic heterocycles. The highest BCUT2D eigenvalue weighted by Gasteiger charge is 2.16. The molecule has 0 radical (unpaired) electrons. The standard InChI is InChI=1S/C22H27N3O3/c1-16-13-18(25-11-9-24(2)10-12-25)5-6-19(16)23-22(26)8-4-17-3-7-20-21(14-17)28-15-27-20/h3,5-7,13-14H,4,8-12,15H2,1-2H3,(H,23,26). The number of anilines is 2. The zero-order valence-corrected chi connectivity index (χ0v) is 16.5. The van der Waals surface area contributed by atoms with E-state index < -0.39 is 0 Å². The second kappa shape index (κ2) is 8.10. The third-order valence-electron chi connectivity index (χ3n) is 5.43. The van der Waals surface area contributed by atoms with Crippen molar-refractivity contribution in [2.75, 3.05) is 50.2 Å². The maximum atomic E-state index is 12.4. The minimum atomic E-state index is 0.0214. The number of hydrogen-bond donors (Lipinski definition) is 1. The van der Waals surface area contributed by atoms with E-state index in [1.807, 2.05) is 31.2 Å². The van der Waals surface area contributed by atoms with Crippen LogP contribution in [0.1, 0.15) is 17.5 Å². The SMILES string of the molecule is Cc1cc(N2CCN(C)CC2)ccc1NC(=O)CCc1ccc2c(c1)OCO2. The third kappa shape index (κ3) is 4.22. The van der Waals surface area contributed by atoms with E-state index in [0.717, 1.165) is 54.5 Å². The fourth-order valence-corrected chi connectivity index (χ4v) is 3.62. The summed E-state index contributed by atoms with van der Waals surface area (Å²) >= 11 is 0. The van der Waals surface area contributed by atoms with Crippen molar-refractivity contribution in [3.63, 3.8) is 0 Å². The summed E-state index contributed by atoms with van der Waals surface area (Å²) in [5.41, 5.74) is 4.27. The number of carbonyl (C=O) groups excluding carboxylic acids is 1. The molecule has 28 heavy (non-hydrogen) atoms. The lowest BCUT2D eigenvalue weighted by molar-refractivity contribution is -0.116. The van der Waals surface area contributed by atoms with Crippen molar-refractivity contribution in [3.8, 4) is 11.5 Å². The van der Waals surface area contributed by atoms with Gasteiger partial charge in [0, 0.05) is 44.0 Å². The van der Waals surface area contributed by atoms with Gasteiger partial charge in [0.15, 0.2) is 11.5 Å². The van der Waals surface area contributed by atoms with E-state index in [9.17, 15) is 4.79 Å². The summed E-state index contributed by atoms with van der Waals surface area (Å²) in [7, 11) is 2.16. The van der Waals surface area contributed by atoms with Gasteiger partial charge in [-0.05, 0) is 61.9 Å². The van der Waals surface area contributed by atoms with Gasteiger partial charge >= 0.3 is 0 Å². The van der Waals surface area contributed by atoms with Gasteiger partial charge in [-0.25, -0.2) is 0 Å². The predicted molar refractivity (Wildman–Crippen MR) is 110 cm³/mol. The van der Waals surface area contributed by atoms with E-state index >= 15 is 0 Å². The second-order valence-electron chi connectivity index (χ2n) is 7.53. The minimum absolute atomic E-state index is 0.0214. The van der Waals surface area contributed by atoms with E-state index in [4.69, 9.17) is 9.47 Å². The smallest absolute Gasteiger partial charge is 0.231 e. The summed E-state index contributed by atoms with van der Waals surface area (Å²) < 4.78 is 10.7. The maximum Gasteiger partial charge on any atom is 0.231 e. The van der Waals surface area contributed by atoms with Crippen LogP contribution in [0.2, 0.25) is 0 Å². The highest BCUT2D eigenvalue weighted by Crippen LogP contribution is 2.32. The number of ether oxygens (including phenoxy) is 2. The van der Waals surface area contributed by atoms with Gasteiger partial charge < -0.3 is 24.6 Å². The Morgan fingerprint density at radius 1 is 1.04 bits per heavy atom. The first kappa shape index (κ1) is 18.6. The molecular weight excluding hydrogens is 354 g/mol. The minimum Gasteiger partial charge on any atom is -0.454 e. The predicted octanol–water partition coefficient (Wildman–Crippen LogP) is 3.05. The fraction of sp³-hybridized carbons (Fsp3) is 0.409. The van der Waals surface area contributed by atoms with Crippen LogP contribution in [0.5, 0.6) is 11.5 Å². The molecule has 1 amide bonds. The molecule has 2 aromatic carbocycles. The summed E-state index contributed by atoms with van der Waals surface area (Å²) in [5, 5.41) is 3.05. The van der Waals surface area contributed by atoms with Crippen molar-refractivity contribution in [2.45, 2.75) is 19.8 Å². The van der Waals surface area contributed by atoms with Crippen LogP contribution in [0.3, 0.4) is 0 Å². The number of likely N-dealkylation sites (N-methyl/N-ethyl adjacent to an activating group) is 1. The molecule has 6 nitrogen and oxygen atoms in total. The number of rotatable bonds is 5. The molecule has 0 bridgehead atoms. The van der Waals surface area contributed by atoms with Crippen LogP contribution < -0.4 is 19.7 Å². The number of fused-ring (bicyclic) bond motifs is 1. The molecule has 0 unspecified atom stereocenters. The van der Waals surface area contributed by atoms with Crippen molar-refractivity contribution in [2.24, 2.45) is 0 Å². The molecule has 1 saturated heterocycles. The number of carbonyl (C=O) groups is 1. The van der Waals surface area contributed by atoms with Crippen LogP contribution >= 0.6 is 0 Å². The molecule has 0 aromatic heterocycles. The number of piperazine rings is 1. The first-order valence-corrected chi connectivity index (χ1v) is 9.81. The number of benzene rings is 2. The molecule has 2 heterocycles. The Bertz CT molecular complexity index is 860. The normalized spacial score (nSPS) is 16.3. The lowest BCUT2D eigenvalue weighted by Crippen LogP contribution is -2.44. The monoisotopic (exact) mass is 381 g/mol. The molecule has 0 saturated carbocycles. The summed E-state index contributed by atoms with van der Waals surface area (Å²) in [4.78, 5) is 17.2. The lowest BCUT2D eigenvalue weighted by Gasteiger charge is -2.34. The molecular formula is C22H27N3O3. The van der Waals surface area contributed by atoms with E-state index in [1.54, 1.807) is 0 Å². The van der Waals surface area contributed by atoms with Crippen LogP contribution in [0.25, 0.3) is 0 Å². The fourth-order valence-electron chi connectivity index (χ4n) is 3.62. The van der Waals surface area contributed by atoms with Crippen LogP contribution in [0, 0.1) is 6.92 Å². The average Bonchev–Trinajstić information content (AvgIpc) is 3.16. The molecule has 1 fully saturated rings. The first-order valence-electron chi connectivity index (χ1n) is 9.81. The highest BCUT2D eigenvalue weighted by atomic mass is 16.7. The molecule has 0 atom stereocenters. The van der Waals surface area contributed by atoms with Crippen molar-refractivity contribution in [1.29, 1.82) is 0 Å². The quantitative estimate of drug-likeness (QED) is 0.863. The average molecular weight is 381 g/mol. The topological polar surface area (TPSA) is 54.0 Å². The number of amides is 1. The maximum absolute atomic E-state index is 12.4. The summed E-state index contributed by atoms with van der Waals surface area (Å²) in [6, 6.07) is 12.1. The van der Waals surface area contributed by atoms with E-state index in [-0.39, 0.29) is 12.7 Å². The van der Waals surface area contributed by atoms with Gasteiger partial charge in [-0.1, -0.05) is 6.07 Å². The summed E-state index contributed by atoms with van der Waals surface area (Å²) in [6.45, 7) is 6.55. The van der Waals surface area contributed by atoms with Gasteiger partial charge in [-0.3, -0.25) is 4.79 Å². The zero-order valence-electron chi connectivity index (χ0n) is 16.5. The van der Waals surface area contributed by atoms with E-state index in [2.05, 4.69) is 34.3 Å². The van der Waals surface area contributed by atoms with E-state index in [0.29, 0.717) is 12.8 Å². The van der Waals surface area contributed by atoms with Crippen LogP contribution in [-0.2, 0) is 11.2 Å². The third-order valence-corrected chi connectivity index (χ3v) is 5.43. The molecule has 4 rings (SSSR count). The highest BCUT2D eigenvalue weighted by molar-refractivity contribution is 5.91.